The van der Waals surface area contributed by atoms with Gasteiger partial charge in [-0.25, -0.2) is 4.39 Å². The lowest BCUT2D eigenvalue weighted by molar-refractivity contribution is -0.118. The fourth-order valence-electron chi connectivity index (χ4n) is 3.27. The summed E-state index contributed by atoms with van der Waals surface area (Å²) in [6.07, 6.45) is 1.73. The third-order valence-corrected chi connectivity index (χ3v) is 4.57. The van der Waals surface area contributed by atoms with Gasteiger partial charge in [0.15, 0.2) is 0 Å². The van der Waals surface area contributed by atoms with E-state index in [1.807, 2.05) is 6.07 Å². The molecule has 1 aliphatic rings. The number of anilines is 1. The molecule has 0 radical (unpaired) electrons. The molecule has 0 saturated heterocycles. The number of carbonyl (C=O) groups excluding carboxylic acids is 1. The summed E-state index contributed by atoms with van der Waals surface area (Å²) in [5.74, 6) is 0.110. The van der Waals surface area contributed by atoms with Crippen LogP contribution < -0.4 is 4.90 Å². The van der Waals surface area contributed by atoms with E-state index in [0.717, 1.165) is 36.1 Å². The van der Waals surface area contributed by atoms with E-state index in [1.54, 1.807) is 41.3 Å². The van der Waals surface area contributed by atoms with E-state index in [4.69, 9.17) is 0 Å². The largest absolute Gasteiger partial charge is 0.508 e. The number of aliphatic hydroxyl groups is 1. The summed E-state index contributed by atoms with van der Waals surface area (Å²) in [6.45, 7) is -0.186. The molecule has 0 bridgehead atoms. The number of aliphatic hydroxyl groups excluding tert-OH is 1. The summed E-state index contributed by atoms with van der Waals surface area (Å²) in [5, 5.41) is 19.3. The molecule has 25 heavy (non-hydrogen) atoms. The van der Waals surface area contributed by atoms with Gasteiger partial charge < -0.3 is 15.1 Å². The Morgan fingerprint density at radius 1 is 1.20 bits per heavy atom. The molecule has 0 aliphatic carbocycles. The maximum atomic E-state index is 12.8. The van der Waals surface area contributed by atoms with Crippen LogP contribution in [0.5, 0.6) is 5.75 Å². The van der Waals surface area contributed by atoms with Crippen molar-refractivity contribution in [1.29, 1.82) is 0 Å². The van der Waals surface area contributed by atoms with Gasteiger partial charge in [0, 0.05) is 12.2 Å². The molecule has 0 spiro atoms. The third-order valence-electron chi connectivity index (χ3n) is 4.57. The van der Waals surface area contributed by atoms with Crippen LogP contribution in [-0.4, -0.2) is 29.3 Å². The van der Waals surface area contributed by atoms with Crippen LogP contribution in [0.3, 0.4) is 0 Å². The van der Waals surface area contributed by atoms with Crippen LogP contribution in [0, 0.1) is 0 Å². The fourth-order valence-corrected chi connectivity index (χ4v) is 3.27. The zero-order valence-corrected chi connectivity index (χ0v) is 14.0. The van der Waals surface area contributed by atoms with Gasteiger partial charge in [-0.2, -0.15) is 0 Å². The minimum Gasteiger partial charge on any atom is -0.508 e. The van der Waals surface area contributed by atoms with E-state index in [9.17, 15) is 19.4 Å². The van der Waals surface area contributed by atoms with Gasteiger partial charge >= 0.3 is 0 Å². The molecule has 1 atom stereocenters. The van der Waals surface area contributed by atoms with E-state index in [1.165, 1.54) is 0 Å². The Bertz CT molecular complexity index is 762. The average molecular weight is 343 g/mol. The van der Waals surface area contributed by atoms with Crippen molar-refractivity contribution in [2.24, 2.45) is 0 Å². The number of hydrogen-bond donors (Lipinski definition) is 2. The minimum absolute atomic E-state index is 0.0347. The van der Waals surface area contributed by atoms with Gasteiger partial charge in [-0.3, -0.25) is 4.79 Å². The summed E-state index contributed by atoms with van der Waals surface area (Å²) in [5.41, 5.74) is 3.10. The summed E-state index contributed by atoms with van der Waals surface area (Å²) in [4.78, 5) is 14.6. The lowest BCUT2D eigenvalue weighted by atomic mass is 10.0. The Labute approximate surface area is 146 Å². The van der Waals surface area contributed by atoms with Crippen LogP contribution in [0.2, 0.25) is 0 Å². The number of hydrogen-bond acceptors (Lipinski definition) is 3. The molecule has 1 aliphatic heterocycles. The minimum atomic E-state index is -1.12. The van der Waals surface area contributed by atoms with Crippen molar-refractivity contribution in [3.8, 4) is 5.75 Å². The van der Waals surface area contributed by atoms with Gasteiger partial charge in [0.2, 0.25) is 5.91 Å². The van der Waals surface area contributed by atoms with Crippen molar-refractivity contribution in [1.82, 2.24) is 0 Å². The normalized spacial score (nSPS) is 15.4. The Balaban J connectivity index is 1.86. The van der Waals surface area contributed by atoms with Crippen LogP contribution in [-0.2, 0) is 17.6 Å². The van der Waals surface area contributed by atoms with Gasteiger partial charge in [-0.1, -0.05) is 24.3 Å². The summed E-state index contributed by atoms with van der Waals surface area (Å²) in [7, 11) is 0. The standard InChI is InChI=1S/C20H22FNO3/c21-13-19(24)16-7-8-18-15(12-16)5-1-2-9-22(18)20(25)11-14-4-3-6-17(23)10-14/h3-4,6-8,10,12,19,23-24H,1-2,5,9,11,13H2. The fraction of sp³-hybridized carbons (Fsp3) is 0.350. The van der Waals surface area contributed by atoms with Gasteiger partial charge in [-0.15, -0.1) is 0 Å². The highest BCUT2D eigenvalue weighted by Gasteiger charge is 2.22. The average Bonchev–Trinajstić information content (AvgIpc) is 2.82. The second kappa shape index (κ2) is 7.66. The molecular weight excluding hydrogens is 321 g/mol. The summed E-state index contributed by atoms with van der Waals surface area (Å²) >= 11 is 0. The highest BCUT2D eigenvalue weighted by atomic mass is 19.1. The number of halogens is 1. The Morgan fingerprint density at radius 2 is 2.04 bits per heavy atom. The number of aromatic hydroxyl groups is 1. The molecule has 3 rings (SSSR count). The summed E-state index contributed by atoms with van der Waals surface area (Å²) in [6, 6.07) is 12.0. The van der Waals surface area contributed by atoms with Gasteiger partial charge in [0.1, 0.15) is 18.5 Å². The quantitative estimate of drug-likeness (QED) is 0.895. The number of rotatable bonds is 4. The van der Waals surface area contributed by atoms with Crippen molar-refractivity contribution >= 4 is 11.6 Å². The Hall–Kier alpha value is -2.40. The molecule has 1 heterocycles. The molecule has 0 fully saturated rings. The number of carbonyl (C=O) groups is 1. The van der Waals surface area contributed by atoms with Crippen LogP contribution in [0.25, 0.3) is 0 Å². The molecule has 5 heteroatoms. The highest BCUT2D eigenvalue weighted by molar-refractivity contribution is 5.95. The maximum absolute atomic E-state index is 12.8. The molecule has 1 unspecified atom stereocenters. The number of nitrogens with zero attached hydrogens (tertiary/aromatic N) is 1. The van der Waals surface area contributed by atoms with Gasteiger partial charge in [0.25, 0.3) is 0 Å². The second-order valence-electron chi connectivity index (χ2n) is 6.41. The number of phenols is 1. The number of benzene rings is 2. The zero-order valence-electron chi connectivity index (χ0n) is 14.0. The molecule has 0 saturated carbocycles. The number of aryl methyl sites for hydroxylation is 1. The second-order valence-corrected chi connectivity index (χ2v) is 6.41. The maximum Gasteiger partial charge on any atom is 0.231 e. The van der Waals surface area contributed by atoms with Crippen LogP contribution in [0.15, 0.2) is 42.5 Å². The van der Waals surface area contributed by atoms with Gasteiger partial charge in [-0.05, 0) is 54.2 Å². The van der Waals surface area contributed by atoms with E-state index in [0.29, 0.717) is 12.1 Å². The topological polar surface area (TPSA) is 60.8 Å². The van der Waals surface area contributed by atoms with E-state index in [-0.39, 0.29) is 18.1 Å². The van der Waals surface area contributed by atoms with Crippen LogP contribution >= 0.6 is 0 Å². The SMILES string of the molecule is O=C(Cc1cccc(O)c1)N1CCCCc2cc(C(O)CF)ccc21. The predicted molar refractivity (Wildman–Crippen MR) is 94.5 cm³/mol. The monoisotopic (exact) mass is 343 g/mol. The van der Waals surface area contributed by atoms with Crippen molar-refractivity contribution in [3.05, 3.63) is 59.2 Å². The molecule has 132 valence electrons. The van der Waals surface area contributed by atoms with Crippen molar-refractivity contribution in [2.75, 3.05) is 18.1 Å². The first-order valence-electron chi connectivity index (χ1n) is 8.53. The molecule has 2 aromatic rings. The third kappa shape index (κ3) is 3.99. The number of phenolic OH excluding ortho intramolecular Hbond substituents is 1. The smallest absolute Gasteiger partial charge is 0.231 e. The first-order chi connectivity index (χ1) is 12.1. The van der Waals surface area contributed by atoms with Crippen LogP contribution in [0.4, 0.5) is 10.1 Å². The number of alkyl halides is 1. The highest BCUT2D eigenvalue weighted by Crippen LogP contribution is 2.30. The molecule has 1 amide bonds. The van der Waals surface area contributed by atoms with E-state index >= 15 is 0 Å². The van der Waals surface area contributed by atoms with Crippen molar-refractivity contribution < 1.29 is 19.4 Å². The van der Waals surface area contributed by atoms with E-state index in [2.05, 4.69) is 0 Å². The van der Waals surface area contributed by atoms with Crippen molar-refractivity contribution in [3.63, 3.8) is 0 Å². The number of amides is 1. The van der Waals surface area contributed by atoms with Crippen molar-refractivity contribution in [2.45, 2.75) is 31.8 Å². The molecule has 2 N–H and O–H groups in total. The Kier molecular flexibility index (Phi) is 5.34. The van der Waals surface area contributed by atoms with Crippen LogP contribution in [0.1, 0.15) is 35.6 Å². The number of fused-ring (bicyclic) bond motifs is 1. The lowest BCUT2D eigenvalue weighted by Crippen LogP contribution is -2.33. The van der Waals surface area contributed by atoms with E-state index < -0.39 is 12.8 Å². The predicted octanol–water partition coefficient (Wildman–Crippen LogP) is 3.31. The molecule has 2 aromatic carbocycles. The molecular formula is C20H22FNO3. The summed E-state index contributed by atoms with van der Waals surface area (Å²) < 4.78 is 12.7. The lowest BCUT2D eigenvalue weighted by Gasteiger charge is -2.24. The zero-order chi connectivity index (χ0) is 17.8. The first kappa shape index (κ1) is 17.4. The van der Waals surface area contributed by atoms with Gasteiger partial charge in [0.05, 0.1) is 6.42 Å². The Morgan fingerprint density at radius 3 is 2.80 bits per heavy atom. The first-order valence-corrected chi connectivity index (χ1v) is 8.53. The molecule has 0 aromatic heterocycles. The molecule has 4 nitrogen and oxygen atoms in total.